The average molecular weight is 269 g/mol. The molecule has 0 aliphatic rings. The molecule has 1 rings (SSSR count). The van der Waals surface area contributed by atoms with Gasteiger partial charge in [-0.25, -0.2) is 0 Å². The number of rotatable bonds is 6. The largest absolute Gasteiger partial charge is 0.349 e. The Morgan fingerprint density at radius 3 is 2.50 bits per heavy atom. The highest BCUT2D eigenvalue weighted by atomic mass is 35.5. The predicted molar refractivity (Wildman–Crippen MR) is 75.5 cm³/mol. The van der Waals surface area contributed by atoms with Crippen molar-refractivity contribution < 1.29 is 4.79 Å². The highest BCUT2D eigenvalue weighted by molar-refractivity contribution is 6.30. The van der Waals surface area contributed by atoms with Crippen molar-refractivity contribution in [3.8, 4) is 0 Å². The molecule has 1 aromatic carbocycles. The van der Waals surface area contributed by atoms with Crippen molar-refractivity contribution in [1.29, 1.82) is 0 Å². The first-order chi connectivity index (χ1) is 8.58. The highest BCUT2D eigenvalue weighted by Gasteiger charge is 2.18. The van der Waals surface area contributed by atoms with Crippen LogP contribution >= 0.6 is 11.6 Å². The van der Waals surface area contributed by atoms with Crippen LogP contribution in [0.2, 0.25) is 5.02 Å². The van der Waals surface area contributed by atoms with E-state index in [4.69, 9.17) is 17.3 Å². The maximum absolute atomic E-state index is 12.0. The first-order valence-electron chi connectivity index (χ1n) is 6.34. The zero-order valence-corrected chi connectivity index (χ0v) is 11.7. The first-order valence-corrected chi connectivity index (χ1v) is 6.72. The van der Waals surface area contributed by atoms with Crippen molar-refractivity contribution in [1.82, 2.24) is 5.32 Å². The topological polar surface area (TPSA) is 55.1 Å². The summed E-state index contributed by atoms with van der Waals surface area (Å²) in [5.41, 5.74) is 6.66. The van der Waals surface area contributed by atoms with Crippen molar-refractivity contribution in [3.63, 3.8) is 0 Å². The Kier molecular flexibility index (Phi) is 6.16. The van der Waals surface area contributed by atoms with Crippen LogP contribution in [-0.4, -0.2) is 12.5 Å². The number of nitrogens with one attached hydrogen (secondary N) is 1. The number of carbonyl (C=O) groups is 1. The van der Waals surface area contributed by atoms with Gasteiger partial charge in [-0.2, -0.15) is 0 Å². The summed E-state index contributed by atoms with van der Waals surface area (Å²) in [5.74, 6) is -0.0634. The van der Waals surface area contributed by atoms with Crippen molar-refractivity contribution in [3.05, 3.63) is 34.9 Å². The minimum Gasteiger partial charge on any atom is -0.349 e. The SMILES string of the molecule is CCCC(CN)C(=O)N[C@H](C)c1ccc(Cl)cc1. The fourth-order valence-electron chi connectivity index (χ4n) is 1.87. The summed E-state index contributed by atoms with van der Waals surface area (Å²) >= 11 is 5.83. The number of nitrogens with two attached hydrogens (primary N) is 1. The number of carbonyl (C=O) groups excluding carboxylic acids is 1. The van der Waals surface area contributed by atoms with Gasteiger partial charge in [-0.05, 0) is 31.0 Å². The second-order valence-electron chi connectivity index (χ2n) is 4.50. The van der Waals surface area contributed by atoms with E-state index in [0.29, 0.717) is 11.6 Å². The molecule has 0 saturated heterocycles. The first kappa shape index (κ1) is 15.0. The Balaban J connectivity index is 2.60. The van der Waals surface area contributed by atoms with E-state index in [0.717, 1.165) is 18.4 Å². The molecule has 1 aromatic rings. The van der Waals surface area contributed by atoms with E-state index in [1.807, 2.05) is 31.2 Å². The van der Waals surface area contributed by atoms with Crippen LogP contribution in [0.3, 0.4) is 0 Å². The molecule has 4 heteroatoms. The summed E-state index contributed by atoms with van der Waals surface area (Å²) in [6.45, 7) is 4.41. The molecule has 100 valence electrons. The Morgan fingerprint density at radius 1 is 1.39 bits per heavy atom. The molecule has 0 aliphatic heterocycles. The lowest BCUT2D eigenvalue weighted by Crippen LogP contribution is -2.36. The van der Waals surface area contributed by atoms with E-state index in [2.05, 4.69) is 12.2 Å². The molecule has 0 bridgehead atoms. The summed E-state index contributed by atoms with van der Waals surface area (Å²) in [4.78, 5) is 12.0. The standard InChI is InChI=1S/C14H21ClN2O/c1-3-4-12(9-16)14(18)17-10(2)11-5-7-13(15)8-6-11/h5-8,10,12H,3-4,9,16H2,1-2H3,(H,17,18)/t10-,12?/m1/s1. The Labute approximate surface area is 114 Å². The lowest BCUT2D eigenvalue weighted by atomic mass is 10.0. The van der Waals surface area contributed by atoms with Crippen molar-refractivity contribution in [2.24, 2.45) is 11.7 Å². The molecule has 3 N–H and O–H groups in total. The van der Waals surface area contributed by atoms with Gasteiger partial charge in [0.25, 0.3) is 0 Å². The van der Waals surface area contributed by atoms with E-state index >= 15 is 0 Å². The van der Waals surface area contributed by atoms with E-state index in [1.54, 1.807) is 0 Å². The fourth-order valence-corrected chi connectivity index (χ4v) is 2.00. The van der Waals surface area contributed by atoms with Crippen molar-refractivity contribution in [2.75, 3.05) is 6.54 Å². The maximum atomic E-state index is 12.0. The van der Waals surface area contributed by atoms with Crippen LogP contribution in [0.5, 0.6) is 0 Å². The molecule has 0 aliphatic carbocycles. The minimum atomic E-state index is -0.0928. The van der Waals surface area contributed by atoms with Gasteiger partial charge in [-0.15, -0.1) is 0 Å². The Hall–Kier alpha value is -1.06. The lowest BCUT2D eigenvalue weighted by Gasteiger charge is -2.19. The van der Waals surface area contributed by atoms with Gasteiger partial charge in [0.15, 0.2) is 0 Å². The third kappa shape index (κ3) is 4.31. The molecule has 3 nitrogen and oxygen atoms in total. The Bertz CT molecular complexity index is 378. The number of halogens is 1. The van der Waals surface area contributed by atoms with Gasteiger partial charge in [-0.1, -0.05) is 37.1 Å². The van der Waals surface area contributed by atoms with Gasteiger partial charge in [0, 0.05) is 11.6 Å². The zero-order chi connectivity index (χ0) is 13.5. The molecule has 0 spiro atoms. The van der Waals surface area contributed by atoms with Crippen LogP contribution in [0.25, 0.3) is 0 Å². The van der Waals surface area contributed by atoms with Gasteiger partial charge < -0.3 is 11.1 Å². The number of hydrogen-bond donors (Lipinski definition) is 2. The summed E-state index contributed by atoms with van der Waals surface area (Å²) in [6.07, 6.45) is 1.79. The van der Waals surface area contributed by atoms with Crippen LogP contribution in [-0.2, 0) is 4.79 Å². The van der Waals surface area contributed by atoms with Gasteiger partial charge >= 0.3 is 0 Å². The number of amides is 1. The third-order valence-electron chi connectivity index (χ3n) is 3.02. The highest BCUT2D eigenvalue weighted by Crippen LogP contribution is 2.17. The second kappa shape index (κ2) is 7.39. The average Bonchev–Trinajstić information content (AvgIpc) is 2.36. The molecule has 0 aromatic heterocycles. The third-order valence-corrected chi connectivity index (χ3v) is 3.27. The van der Waals surface area contributed by atoms with Crippen LogP contribution in [0.4, 0.5) is 0 Å². The zero-order valence-electron chi connectivity index (χ0n) is 10.9. The molecule has 2 atom stereocenters. The second-order valence-corrected chi connectivity index (χ2v) is 4.94. The van der Waals surface area contributed by atoms with E-state index < -0.39 is 0 Å². The molecule has 0 heterocycles. The minimum absolute atomic E-state index is 0.0272. The van der Waals surface area contributed by atoms with Gasteiger partial charge in [0.05, 0.1) is 12.0 Å². The normalized spacial score (nSPS) is 14.0. The van der Waals surface area contributed by atoms with Gasteiger partial charge in [0.2, 0.25) is 5.91 Å². The number of benzene rings is 1. The van der Waals surface area contributed by atoms with Crippen LogP contribution in [0.15, 0.2) is 24.3 Å². The molecular formula is C14H21ClN2O. The molecule has 1 unspecified atom stereocenters. The van der Waals surface area contributed by atoms with Gasteiger partial charge in [0.1, 0.15) is 0 Å². The van der Waals surface area contributed by atoms with Crippen molar-refractivity contribution in [2.45, 2.75) is 32.7 Å². The summed E-state index contributed by atoms with van der Waals surface area (Å²) < 4.78 is 0. The fraction of sp³-hybridized carbons (Fsp3) is 0.500. The van der Waals surface area contributed by atoms with E-state index in [1.165, 1.54) is 0 Å². The van der Waals surface area contributed by atoms with E-state index in [-0.39, 0.29) is 17.9 Å². The van der Waals surface area contributed by atoms with Crippen LogP contribution in [0, 0.1) is 5.92 Å². The van der Waals surface area contributed by atoms with Gasteiger partial charge in [-0.3, -0.25) is 4.79 Å². The molecule has 0 fully saturated rings. The molecule has 0 radical (unpaired) electrons. The van der Waals surface area contributed by atoms with Crippen LogP contribution in [0.1, 0.15) is 38.3 Å². The van der Waals surface area contributed by atoms with Crippen LogP contribution < -0.4 is 11.1 Å². The smallest absolute Gasteiger partial charge is 0.224 e. The van der Waals surface area contributed by atoms with E-state index in [9.17, 15) is 4.79 Å². The lowest BCUT2D eigenvalue weighted by molar-refractivity contribution is -0.125. The van der Waals surface area contributed by atoms with Crippen molar-refractivity contribution >= 4 is 17.5 Å². The summed E-state index contributed by atoms with van der Waals surface area (Å²) in [7, 11) is 0. The molecule has 0 saturated carbocycles. The summed E-state index contributed by atoms with van der Waals surface area (Å²) in [5, 5.41) is 3.69. The predicted octanol–water partition coefficient (Wildman–Crippen LogP) is 2.89. The monoisotopic (exact) mass is 268 g/mol. The molecule has 18 heavy (non-hydrogen) atoms. The molecular weight excluding hydrogens is 248 g/mol. The Morgan fingerprint density at radius 2 is 2.00 bits per heavy atom. The summed E-state index contributed by atoms with van der Waals surface area (Å²) in [6, 6.07) is 7.47. The quantitative estimate of drug-likeness (QED) is 0.834. The molecule has 1 amide bonds. The maximum Gasteiger partial charge on any atom is 0.224 e. The number of hydrogen-bond acceptors (Lipinski definition) is 2.